The van der Waals surface area contributed by atoms with E-state index in [0.29, 0.717) is 24.2 Å². The van der Waals surface area contributed by atoms with E-state index in [1.165, 1.54) is 31.4 Å². The lowest BCUT2D eigenvalue weighted by Crippen LogP contribution is -2.58. The van der Waals surface area contributed by atoms with E-state index >= 15 is 0 Å². The summed E-state index contributed by atoms with van der Waals surface area (Å²) in [5.41, 5.74) is 0.157. The van der Waals surface area contributed by atoms with Crippen molar-refractivity contribution in [2.45, 2.75) is 38.1 Å². The summed E-state index contributed by atoms with van der Waals surface area (Å²) in [6.45, 7) is 0. The number of carbonyl (C=O) groups excluding carboxylic acids is 3. The molecular formula is C22H21N3O7. The van der Waals surface area contributed by atoms with E-state index in [1.54, 1.807) is 12.1 Å². The number of rotatable bonds is 5. The van der Waals surface area contributed by atoms with Crippen LogP contribution in [0.4, 0.5) is 10.5 Å². The van der Waals surface area contributed by atoms with Crippen LogP contribution < -0.4 is 10.1 Å². The first-order chi connectivity index (χ1) is 15.4. The van der Waals surface area contributed by atoms with Crippen LogP contribution in [-0.2, 0) is 9.59 Å². The summed E-state index contributed by atoms with van der Waals surface area (Å²) in [4.78, 5) is 49.2. The van der Waals surface area contributed by atoms with Gasteiger partial charge >= 0.3 is 6.03 Å². The Kier molecular flexibility index (Phi) is 5.76. The number of furan rings is 1. The minimum Gasteiger partial charge on any atom is -0.496 e. The zero-order chi connectivity index (χ0) is 22.8. The molecule has 0 radical (unpaired) electrons. The van der Waals surface area contributed by atoms with Gasteiger partial charge in [0.05, 0.1) is 23.7 Å². The van der Waals surface area contributed by atoms with Crippen LogP contribution in [0.25, 0.3) is 17.4 Å². The Bertz CT molecular complexity index is 1130. The first-order valence-corrected chi connectivity index (χ1v) is 10.2. The molecule has 4 amide bonds. The minimum absolute atomic E-state index is 0.128. The second kappa shape index (κ2) is 8.66. The number of nitro benzene ring substituents is 1. The predicted octanol–water partition coefficient (Wildman–Crippen LogP) is 3.66. The first-order valence-electron chi connectivity index (χ1n) is 10.2. The van der Waals surface area contributed by atoms with Crippen LogP contribution >= 0.6 is 0 Å². The number of non-ortho nitro benzene ring substituents is 1. The summed E-state index contributed by atoms with van der Waals surface area (Å²) in [7, 11) is 1.39. The SMILES string of the molecule is COc1cc([N+](=O)[O-])ccc1-c1ccc(C=C2C(=O)NC(=O)N(C3CCCCC3)C2=O)o1. The topological polar surface area (TPSA) is 132 Å². The van der Waals surface area contributed by atoms with Gasteiger partial charge in [-0.05, 0) is 37.1 Å². The lowest BCUT2D eigenvalue weighted by molar-refractivity contribution is -0.384. The maximum atomic E-state index is 13.0. The number of hydrogen-bond donors (Lipinski definition) is 1. The van der Waals surface area contributed by atoms with E-state index in [0.717, 1.165) is 24.2 Å². The van der Waals surface area contributed by atoms with E-state index in [2.05, 4.69) is 5.32 Å². The highest BCUT2D eigenvalue weighted by atomic mass is 16.6. The van der Waals surface area contributed by atoms with Gasteiger partial charge in [-0.1, -0.05) is 19.3 Å². The molecule has 4 rings (SSSR count). The molecule has 0 unspecified atom stereocenters. The predicted molar refractivity (Wildman–Crippen MR) is 113 cm³/mol. The Morgan fingerprint density at radius 1 is 1.16 bits per heavy atom. The number of nitro groups is 1. The molecule has 1 saturated carbocycles. The van der Waals surface area contributed by atoms with Crippen LogP contribution in [-0.4, -0.2) is 40.8 Å². The number of nitrogens with one attached hydrogen (secondary N) is 1. The van der Waals surface area contributed by atoms with Crippen molar-refractivity contribution in [1.29, 1.82) is 0 Å². The summed E-state index contributed by atoms with van der Waals surface area (Å²) in [6, 6.07) is 6.33. The molecular weight excluding hydrogens is 418 g/mol. The molecule has 32 heavy (non-hydrogen) atoms. The van der Waals surface area contributed by atoms with Crippen LogP contribution in [0.2, 0.25) is 0 Å². The van der Waals surface area contributed by atoms with Gasteiger partial charge in [0, 0.05) is 12.1 Å². The fourth-order valence-electron chi connectivity index (χ4n) is 4.06. The van der Waals surface area contributed by atoms with Crippen molar-refractivity contribution in [3.8, 4) is 17.1 Å². The molecule has 0 spiro atoms. The summed E-state index contributed by atoms with van der Waals surface area (Å²) in [5, 5.41) is 13.2. The maximum absolute atomic E-state index is 13.0. The standard InChI is InChI=1S/C22H21N3O7/c1-31-19-11-14(25(29)30)7-9-16(19)18-10-8-15(32-18)12-17-20(26)23-22(28)24(21(17)27)13-5-3-2-4-6-13/h7-13H,2-6H2,1H3,(H,23,26,28). The number of ether oxygens (including phenoxy) is 1. The van der Waals surface area contributed by atoms with E-state index in [1.807, 2.05) is 0 Å². The number of barbiturate groups is 1. The van der Waals surface area contributed by atoms with Crippen molar-refractivity contribution in [2.24, 2.45) is 0 Å². The van der Waals surface area contributed by atoms with Crippen molar-refractivity contribution in [1.82, 2.24) is 10.2 Å². The number of carbonyl (C=O) groups is 3. The third-order valence-corrected chi connectivity index (χ3v) is 5.65. The van der Waals surface area contributed by atoms with Gasteiger partial charge in [0.25, 0.3) is 17.5 Å². The summed E-state index contributed by atoms with van der Waals surface area (Å²) in [5.74, 6) is -0.618. The highest BCUT2D eigenvalue weighted by molar-refractivity contribution is 6.31. The molecule has 0 atom stereocenters. The fourth-order valence-corrected chi connectivity index (χ4v) is 4.06. The van der Waals surface area contributed by atoms with Gasteiger partial charge in [-0.15, -0.1) is 0 Å². The van der Waals surface area contributed by atoms with Gasteiger partial charge in [-0.3, -0.25) is 29.9 Å². The maximum Gasteiger partial charge on any atom is 0.331 e. The van der Waals surface area contributed by atoms with Crippen molar-refractivity contribution in [3.05, 3.63) is 51.8 Å². The number of amides is 4. The molecule has 166 valence electrons. The average Bonchev–Trinajstić information content (AvgIpc) is 3.25. The first kappa shape index (κ1) is 21.3. The number of imide groups is 2. The highest BCUT2D eigenvalue weighted by Crippen LogP contribution is 2.35. The van der Waals surface area contributed by atoms with Gasteiger partial charge in [-0.25, -0.2) is 4.79 Å². The van der Waals surface area contributed by atoms with E-state index < -0.39 is 22.8 Å². The Morgan fingerprint density at radius 2 is 1.91 bits per heavy atom. The highest BCUT2D eigenvalue weighted by Gasteiger charge is 2.40. The average molecular weight is 439 g/mol. The lowest BCUT2D eigenvalue weighted by atomic mass is 9.93. The lowest BCUT2D eigenvalue weighted by Gasteiger charge is -2.35. The normalized spacial score (nSPS) is 18.7. The van der Waals surface area contributed by atoms with Crippen LogP contribution in [0.15, 0.2) is 40.3 Å². The molecule has 10 nitrogen and oxygen atoms in total. The molecule has 0 bridgehead atoms. The molecule has 1 N–H and O–H groups in total. The summed E-state index contributed by atoms with van der Waals surface area (Å²) < 4.78 is 11.0. The van der Waals surface area contributed by atoms with Gasteiger partial charge in [0.2, 0.25) is 0 Å². The molecule has 1 aliphatic carbocycles. The van der Waals surface area contributed by atoms with Crippen LogP contribution in [0.3, 0.4) is 0 Å². The Hall–Kier alpha value is -3.95. The molecule has 1 saturated heterocycles. The van der Waals surface area contributed by atoms with Crippen LogP contribution in [0, 0.1) is 10.1 Å². The molecule has 1 aromatic carbocycles. The van der Waals surface area contributed by atoms with Gasteiger partial charge in [0.15, 0.2) is 0 Å². The Morgan fingerprint density at radius 3 is 2.59 bits per heavy atom. The number of methoxy groups -OCH3 is 1. The molecule has 2 heterocycles. The number of urea groups is 1. The molecule has 1 aromatic heterocycles. The number of benzene rings is 1. The Balaban J connectivity index is 1.63. The van der Waals surface area contributed by atoms with Crippen molar-refractivity contribution < 1.29 is 28.5 Å². The summed E-state index contributed by atoms with van der Waals surface area (Å²) >= 11 is 0. The molecule has 2 fully saturated rings. The molecule has 10 heteroatoms. The largest absolute Gasteiger partial charge is 0.496 e. The molecule has 1 aliphatic heterocycles. The van der Waals surface area contributed by atoms with Gasteiger partial charge in [-0.2, -0.15) is 0 Å². The zero-order valence-corrected chi connectivity index (χ0v) is 17.3. The van der Waals surface area contributed by atoms with Crippen molar-refractivity contribution in [2.75, 3.05) is 7.11 Å². The number of nitrogens with zero attached hydrogens (tertiary/aromatic N) is 2. The third kappa shape index (κ3) is 3.98. The second-order valence-corrected chi connectivity index (χ2v) is 7.63. The van der Waals surface area contributed by atoms with E-state index in [9.17, 15) is 24.5 Å². The van der Waals surface area contributed by atoms with Crippen molar-refractivity contribution >= 4 is 29.6 Å². The zero-order valence-electron chi connectivity index (χ0n) is 17.3. The molecule has 2 aliphatic rings. The van der Waals surface area contributed by atoms with Gasteiger partial charge < -0.3 is 9.15 Å². The van der Waals surface area contributed by atoms with Gasteiger partial charge in [0.1, 0.15) is 22.8 Å². The fraction of sp³-hybridized carbons (Fsp3) is 0.318. The summed E-state index contributed by atoms with van der Waals surface area (Å²) in [6.07, 6.45) is 5.63. The van der Waals surface area contributed by atoms with Crippen LogP contribution in [0.1, 0.15) is 37.9 Å². The monoisotopic (exact) mass is 439 g/mol. The van der Waals surface area contributed by atoms with E-state index in [-0.39, 0.29) is 28.8 Å². The molecule has 2 aromatic rings. The smallest absolute Gasteiger partial charge is 0.331 e. The quantitative estimate of drug-likeness (QED) is 0.325. The minimum atomic E-state index is -0.780. The van der Waals surface area contributed by atoms with Crippen molar-refractivity contribution in [3.63, 3.8) is 0 Å². The second-order valence-electron chi connectivity index (χ2n) is 7.63. The Labute approximate surface area is 183 Å². The van der Waals surface area contributed by atoms with E-state index in [4.69, 9.17) is 9.15 Å². The number of hydrogen-bond acceptors (Lipinski definition) is 7. The van der Waals surface area contributed by atoms with Crippen LogP contribution in [0.5, 0.6) is 5.75 Å². The third-order valence-electron chi connectivity index (χ3n) is 5.65.